The lowest BCUT2D eigenvalue weighted by Gasteiger charge is -2.19. The van der Waals surface area contributed by atoms with E-state index in [0.717, 1.165) is 17.9 Å². The monoisotopic (exact) mass is 281 g/mol. The van der Waals surface area contributed by atoms with E-state index in [1.54, 1.807) is 12.3 Å². The van der Waals surface area contributed by atoms with Crippen LogP contribution in [-0.2, 0) is 0 Å². The van der Waals surface area contributed by atoms with Crippen LogP contribution in [0.4, 0.5) is 5.69 Å². The van der Waals surface area contributed by atoms with Crippen molar-refractivity contribution in [3.8, 4) is 11.8 Å². The van der Waals surface area contributed by atoms with Gasteiger partial charge in [-0.15, -0.1) is 0 Å². The Morgan fingerprint density at radius 1 is 1.33 bits per heavy atom. The first-order valence-corrected chi connectivity index (χ1v) is 7.04. The molecule has 1 unspecified atom stereocenters. The summed E-state index contributed by atoms with van der Waals surface area (Å²) in [5.41, 5.74) is 2.50. The fraction of sp³-hybridized carbons (Fsp3) is 0.294. The number of aryl methyl sites for hydroxylation is 1. The highest BCUT2D eigenvalue weighted by atomic mass is 16.5. The molecular formula is C17H19N3O. The number of ether oxygens (including phenoxy) is 1. The van der Waals surface area contributed by atoms with Crippen molar-refractivity contribution in [2.45, 2.75) is 26.4 Å². The van der Waals surface area contributed by atoms with Crippen LogP contribution in [0.3, 0.4) is 0 Å². The van der Waals surface area contributed by atoms with Gasteiger partial charge in [0.1, 0.15) is 23.6 Å². The van der Waals surface area contributed by atoms with E-state index in [2.05, 4.69) is 30.2 Å². The first-order valence-electron chi connectivity index (χ1n) is 7.04. The maximum Gasteiger partial charge on any atom is 0.140 e. The van der Waals surface area contributed by atoms with Gasteiger partial charge in [0.05, 0.1) is 18.4 Å². The molecule has 1 N–H and O–H groups in total. The van der Waals surface area contributed by atoms with Crippen molar-refractivity contribution in [3.05, 3.63) is 53.9 Å². The number of nitriles is 1. The average molecular weight is 281 g/mol. The molecule has 0 radical (unpaired) electrons. The molecule has 0 amide bonds. The lowest BCUT2D eigenvalue weighted by molar-refractivity contribution is 0.210. The van der Waals surface area contributed by atoms with E-state index in [1.165, 1.54) is 5.56 Å². The normalized spacial score (nSPS) is 11.5. The number of benzene rings is 1. The zero-order chi connectivity index (χ0) is 15.1. The maximum absolute atomic E-state index is 8.72. The van der Waals surface area contributed by atoms with Crippen LogP contribution in [0.2, 0.25) is 0 Å². The molecule has 0 saturated carbocycles. The van der Waals surface area contributed by atoms with Crippen LogP contribution < -0.4 is 10.1 Å². The summed E-state index contributed by atoms with van der Waals surface area (Å²) in [5.74, 6) is 0.890. The van der Waals surface area contributed by atoms with E-state index in [4.69, 9.17) is 10.00 Å². The molecule has 2 rings (SSSR count). The van der Waals surface area contributed by atoms with E-state index in [0.29, 0.717) is 12.2 Å². The summed E-state index contributed by atoms with van der Waals surface area (Å²) in [6, 6.07) is 13.6. The number of pyridine rings is 1. The van der Waals surface area contributed by atoms with Gasteiger partial charge in [-0.25, -0.2) is 4.98 Å². The zero-order valence-corrected chi connectivity index (χ0v) is 12.3. The number of hydrogen-bond acceptors (Lipinski definition) is 4. The molecule has 0 spiro atoms. The third kappa shape index (κ3) is 4.50. The van der Waals surface area contributed by atoms with Crippen LogP contribution in [0.25, 0.3) is 0 Å². The Kier molecular flexibility index (Phi) is 5.16. The van der Waals surface area contributed by atoms with E-state index in [-0.39, 0.29) is 6.10 Å². The standard InChI is InChI=1S/C17H19N3O/c1-3-16(21-17-6-4-5-13(2)9-17)12-20-15-8-7-14(10-18)19-11-15/h4-9,11,16,20H,3,12H2,1-2H3. The highest BCUT2D eigenvalue weighted by Gasteiger charge is 2.08. The lowest BCUT2D eigenvalue weighted by Crippen LogP contribution is -2.25. The predicted octanol–water partition coefficient (Wildman–Crippen LogP) is 3.53. The van der Waals surface area contributed by atoms with Gasteiger partial charge in [0.15, 0.2) is 0 Å². The number of nitrogens with zero attached hydrogens (tertiary/aromatic N) is 2. The topological polar surface area (TPSA) is 57.9 Å². The molecular weight excluding hydrogens is 262 g/mol. The van der Waals surface area contributed by atoms with Crippen molar-refractivity contribution in [2.75, 3.05) is 11.9 Å². The summed E-state index contributed by atoms with van der Waals surface area (Å²) in [5, 5.41) is 12.0. The van der Waals surface area contributed by atoms with E-state index < -0.39 is 0 Å². The molecule has 108 valence electrons. The van der Waals surface area contributed by atoms with Crippen molar-refractivity contribution >= 4 is 5.69 Å². The largest absolute Gasteiger partial charge is 0.489 e. The van der Waals surface area contributed by atoms with Gasteiger partial charge in [-0.1, -0.05) is 19.1 Å². The van der Waals surface area contributed by atoms with Gasteiger partial charge in [0.2, 0.25) is 0 Å². The Hall–Kier alpha value is -2.54. The molecule has 0 bridgehead atoms. The van der Waals surface area contributed by atoms with E-state index >= 15 is 0 Å². The highest BCUT2D eigenvalue weighted by molar-refractivity contribution is 5.42. The number of aromatic nitrogens is 1. The van der Waals surface area contributed by atoms with Crippen LogP contribution in [0, 0.1) is 18.3 Å². The second-order valence-corrected chi connectivity index (χ2v) is 4.89. The molecule has 0 saturated heterocycles. The summed E-state index contributed by atoms with van der Waals surface area (Å²) in [6.45, 7) is 4.84. The van der Waals surface area contributed by atoms with Gasteiger partial charge in [0.25, 0.3) is 0 Å². The van der Waals surface area contributed by atoms with Crippen molar-refractivity contribution in [3.63, 3.8) is 0 Å². The second-order valence-electron chi connectivity index (χ2n) is 4.89. The Balaban J connectivity index is 1.91. The molecule has 21 heavy (non-hydrogen) atoms. The SMILES string of the molecule is CCC(CNc1ccc(C#N)nc1)Oc1cccc(C)c1. The lowest BCUT2D eigenvalue weighted by atomic mass is 10.2. The van der Waals surface area contributed by atoms with Gasteiger partial charge < -0.3 is 10.1 Å². The molecule has 1 atom stereocenters. The molecule has 4 nitrogen and oxygen atoms in total. The van der Waals surface area contributed by atoms with E-state index in [1.807, 2.05) is 30.3 Å². The molecule has 0 aliphatic rings. The fourth-order valence-electron chi connectivity index (χ4n) is 1.95. The van der Waals surface area contributed by atoms with Crippen molar-refractivity contribution in [1.82, 2.24) is 4.98 Å². The second kappa shape index (κ2) is 7.30. The average Bonchev–Trinajstić information content (AvgIpc) is 2.52. The summed E-state index contributed by atoms with van der Waals surface area (Å²) < 4.78 is 5.98. The van der Waals surface area contributed by atoms with Crippen molar-refractivity contribution in [1.29, 1.82) is 5.26 Å². The molecule has 0 fully saturated rings. The first-order chi connectivity index (χ1) is 10.2. The minimum Gasteiger partial charge on any atom is -0.489 e. The third-order valence-electron chi connectivity index (χ3n) is 3.16. The first kappa shape index (κ1) is 14.9. The maximum atomic E-state index is 8.72. The Morgan fingerprint density at radius 2 is 2.19 bits per heavy atom. The van der Waals surface area contributed by atoms with Crippen LogP contribution in [0.1, 0.15) is 24.6 Å². The van der Waals surface area contributed by atoms with Crippen LogP contribution in [0.5, 0.6) is 5.75 Å². The predicted molar refractivity (Wildman–Crippen MR) is 83.3 cm³/mol. The van der Waals surface area contributed by atoms with Gasteiger partial charge >= 0.3 is 0 Å². The Morgan fingerprint density at radius 3 is 2.81 bits per heavy atom. The zero-order valence-electron chi connectivity index (χ0n) is 12.3. The van der Waals surface area contributed by atoms with E-state index in [9.17, 15) is 0 Å². The number of hydrogen-bond donors (Lipinski definition) is 1. The summed E-state index contributed by atoms with van der Waals surface area (Å²) >= 11 is 0. The number of anilines is 1. The van der Waals surface area contributed by atoms with Crippen LogP contribution in [-0.4, -0.2) is 17.6 Å². The highest BCUT2D eigenvalue weighted by Crippen LogP contribution is 2.16. The smallest absolute Gasteiger partial charge is 0.140 e. The molecule has 1 aromatic heterocycles. The molecule has 4 heteroatoms. The minimum absolute atomic E-state index is 0.0856. The summed E-state index contributed by atoms with van der Waals surface area (Å²) in [4.78, 5) is 4.03. The summed E-state index contributed by atoms with van der Waals surface area (Å²) in [6.07, 6.45) is 2.66. The van der Waals surface area contributed by atoms with Crippen molar-refractivity contribution < 1.29 is 4.74 Å². The van der Waals surface area contributed by atoms with Gasteiger partial charge in [0, 0.05) is 0 Å². The Labute approximate surface area is 125 Å². The quantitative estimate of drug-likeness (QED) is 0.880. The molecule has 2 aromatic rings. The number of nitrogens with one attached hydrogen (secondary N) is 1. The third-order valence-corrected chi connectivity index (χ3v) is 3.16. The van der Waals surface area contributed by atoms with Gasteiger partial charge in [-0.2, -0.15) is 5.26 Å². The van der Waals surface area contributed by atoms with Crippen molar-refractivity contribution in [2.24, 2.45) is 0 Å². The fourth-order valence-corrected chi connectivity index (χ4v) is 1.95. The van der Waals surface area contributed by atoms with Crippen LogP contribution in [0.15, 0.2) is 42.6 Å². The molecule has 0 aliphatic heterocycles. The minimum atomic E-state index is 0.0856. The summed E-state index contributed by atoms with van der Waals surface area (Å²) in [7, 11) is 0. The van der Waals surface area contributed by atoms with Gasteiger partial charge in [-0.3, -0.25) is 0 Å². The molecule has 1 aromatic carbocycles. The van der Waals surface area contributed by atoms with Gasteiger partial charge in [-0.05, 0) is 43.2 Å². The molecule has 1 heterocycles. The Bertz CT molecular complexity index is 617. The molecule has 0 aliphatic carbocycles. The van der Waals surface area contributed by atoms with Crippen LogP contribution >= 0.6 is 0 Å². The number of rotatable bonds is 6.